The molecule has 2 aromatic heterocycles. The molecule has 0 spiro atoms. The van der Waals surface area contributed by atoms with Gasteiger partial charge in [-0.1, -0.05) is 0 Å². The van der Waals surface area contributed by atoms with E-state index in [0.717, 1.165) is 0 Å². The van der Waals surface area contributed by atoms with E-state index in [4.69, 9.17) is 21.3 Å². The Labute approximate surface area is 141 Å². The van der Waals surface area contributed by atoms with Crippen molar-refractivity contribution in [2.24, 2.45) is 0 Å². The normalized spacial score (nSPS) is 9.40. The van der Waals surface area contributed by atoms with Gasteiger partial charge in [0.15, 0.2) is 23.0 Å². The second-order valence-corrected chi connectivity index (χ2v) is 4.09. The van der Waals surface area contributed by atoms with Gasteiger partial charge in [0.25, 0.3) is 0 Å². The van der Waals surface area contributed by atoms with Crippen LogP contribution in [0.15, 0.2) is 12.4 Å². The number of carbonyl (C=O) groups is 2. The highest BCUT2D eigenvalue weighted by molar-refractivity contribution is 5.91. The Morgan fingerprint density at radius 2 is 1.36 bits per heavy atom. The average molecular weight is 352 g/mol. The number of nitrogens with zero attached hydrogens (tertiary/aromatic N) is 4. The van der Waals surface area contributed by atoms with E-state index >= 15 is 0 Å². The molecule has 5 N–H and O–H groups in total. The molecule has 12 nitrogen and oxygen atoms in total. The number of carboxylic acid groups (broad SMARTS) is 1. The zero-order valence-corrected chi connectivity index (χ0v) is 13.6. The number of ether oxygens (including phenoxy) is 3. The molecule has 0 fully saturated rings. The standard InChI is InChI=1S/C7H9N3O3.C6H7N3O3/c1-12-4-3-9-6(8)5(10-4)7(11)13-2;1-12-3-2-8-5(7)4(9-3)6(10)11/h3H,1-2H3,(H2,8,9);2H,1H3,(H2,7,8)(H,10,11). The number of aromatic carboxylic acids is 1. The SMILES string of the molecule is COC(=O)c1nc(OC)cnc1N.COc1cnc(N)c(C(=O)O)n1. The van der Waals surface area contributed by atoms with Gasteiger partial charge in [-0.05, 0) is 0 Å². The van der Waals surface area contributed by atoms with Crippen molar-refractivity contribution in [1.29, 1.82) is 0 Å². The second-order valence-electron chi connectivity index (χ2n) is 4.09. The predicted octanol–water partition coefficient (Wildman–Crippen LogP) is -0.380. The molecule has 0 saturated heterocycles. The molecule has 0 amide bonds. The summed E-state index contributed by atoms with van der Waals surface area (Å²) in [4.78, 5) is 36.1. The van der Waals surface area contributed by atoms with Crippen LogP contribution in [0.5, 0.6) is 11.8 Å². The molecular weight excluding hydrogens is 336 g/mol. The first-order chi connectivity index (χ1) is 11.8. The van der Waals surface area contributed by atoms with Crippen molar-refractivity contribution in [3.8, 4) is 11.8 Å². The molecule has 0 saturated carbocycles. The molecule has 2 heterocycles. The lowest BCUT2D eigenvalue weighted by atomic mass is 10.4. The van der Waals surface area contributed by atoms with Crippen molar-refractivity contribution in [3.05, 3.63) is 23.8 Å². The molecule has 2 aromatic rings. The molecule has 0 aliphatic heterocycles. The zero-order chi connectivity index (χ0) is 19.0. The molecule has 0 bridgehead atoms. The molecule has 0 radical (unpaired) electrons. The maximum Gasteiger partial charge on any atom is 0.360 e. The molecule has 0 aliphatic carbocycles. The summed E-state index contributed by atoms with van der Waals surface area (Å²) in [7, 11) is 4.02. The molecular formula is C13H16N6O6. The minimum absolute atomic E-state index is 0.0210. The maximum absolute atomic E-state index is 11.0. The van der Waals surface area contributed by atoms with Gasteiger partial charge in [-0.15, -0.1) is 0 Å². The number of methoxy groups -OCH3 is 3. The van der Waals surface area contributed by atoms with Crippen molar-refractivity contribution in [1.82, 2.24) is 19.9 Å². The highest BCUT2D eigenvalue weighted by Crippen LogP contribution is 2.11. The van der Waals surface area contributed by atoms with Crippen LogP contribution in [0.25, 0.3) is 0 Å². The summed E-state index contributed by atoms with van der Waals surface area (Å²) in [5.41, 5.74) is 10.3. The van der Waals surface area contributed by atoms with Gasteiger partial charge >= 0.3 is 11.9 Å². The van der Waals surface area contributed by atoms with Gasteiger partial charge < -0.3 is 30.8 Å². The molecule has 0 aliphatic rings. The quantitative estimate of drug-likeness (QED) is 0.606. The molecule has 2 rings (SSSR count). The van der Waals surface area contributed by atoms with Gasteiger partial charge in [0.1, 0.15) is 0 Å². The summed E-state index contributed by atoms with van der Waals surface area (Å²) in [5, 5.41) is 8.55. The summed E-state index contributed by atoms with van der Waals surface area (Å²) in [6.45, 7) is 0. The van der Waals surface area contributed by atoms with Crippen molar-refractivity contribution in [3.63, 3.8) is 0 Å². The summed E-state index contributed by atoms with van der Waals surface area (Å²) < 4.78 is 13.9. The maximum atomic E-state index is 11.0. The van der Waals surface area contributed by atoms with Gasteiger partial charge in [-0.2, -0.15) is 0 Å². The number of nitrogens with two attached hydrogens (primary N) is 2. The van der Waals surface area contributed by atoms with Crippen molar-refractivity contribution >= 4 is 23.6 Å². The summed E-state index contributed by atoms with van der Waals surface area (Å²) in [6, 6.07) is 0. The molecule has 25 heavy (non-hydrogen) atoms. The first-order valence-corrected chi connectivity index (χ1v) is 6.48. The van der Waals surface area contributed by atoms with E-state index in [1.807, 2.05) is 0 Å². The Hall–Kier alpha value is -3.70. The first kappa shape index (κ1) is 19.3. The Morgan fingerprint density at radius 3 is 1.76 bits per heavy atom. The van der Waals surface area contributed by atoms with Gasteiger partial charge in [0.2, 0.25) is 11.8 Å². The topological polar surface area (TPSA) is 186 Å². The van der Waals surface area contributed by atoms with Crippen LogP contribution in [-0.2, 0) is 4.74 Å². The predicted molar refractivity (Wildman–Crippen MR) is 84.3 cm³/mol. The van der Waals surface area contributed by atoms with Crippen LogP contribution in [0.3, 0.4) is 0 Å². The van der Waals surface area contributed by atoms with Crippen molar-refractivity contribution in [2.45, 2.75) is 0 Å². The number of aromatic nitrogens is 4. The van der Waals surface area contributed by atoms with Crippen LogP contribution in [0.1, 0.15) is 21.0 Å². The molecule has 12 heteroatoms. The number of hydrogen-bond donors (Lipinski definition) is 3. The summed E-state index contributed by atoms with van der Waals surface area (Å²) in [6.07, 6.45) is 2.57. The molecule has 134 valence electrons. The minimum Gasteiger partial charge on any atom is -0.480 e. The Morgan fingerprint density at radius 1 is 0.920 bits per heavy atom. The van der Waals surface area contributed by atoms with Crippen molar-refractivity contribution in [2.75, 3.05) is 32.8 Å². The van der Waals surface area contributed by atoms with E-state index < -0.39 is 11.9 Å². The van der Waals surface area contributed by atoms with Crippen LogP contribution < -0.4 is 20.9 Å². The van der Waals surface area contributed by atoms with Crippen LogP contribution in [0.4, 0.5) is 11.6 Å². The number of carbonyl (C=O) groups excluding carboxylic acids is 1. The number of esters is 1. The van der Waals surface area contributed by atoms with Gasteiger partial charge in [-0.3, -0.25) is 0 Å². The summed E-state index contributed by atoms with van der Waals surface area (Å²) in [5.74, 6) is -1.62. The summed E-state index contributed by atoms with van der Waals surface area (Å²) >= 11 is 0. The fourth-order valence-electron chi connectivity index (χ4n) is 1.37. The van der Waals surface area contributed by atoms with Gasteiger partial charge in [0.05, 0.1) is 33.7 Å². The monoisotopic (exact) mass is 352 g/mol. The smallest absolute Gasteiger partial charge is 0.360 e. The van der Waals surface area contributed by atoms with Gasteiger partial charge in [-0.25, -0.2) is 29.5 Å². The lowest BCUT2D eigenvalue weighted by molar-refractivity contribution is 0.0593. The van der Waals surface area contributed by atoms with Crippen LogP contribution in [-0.4, -0.2) is 58.3 Å². The third-order valence-corrected chi connectivity index (χ3v) is 2.56. The Kier molecular flexibility index (Phi) is 6.82. The number of carboxylic acids is 1. The lowest BCUT2D eigenvalue weighted by Crippen LogP contribution is -2.10. The highest BCUT2D eigenvalue weighted by Gasteiger charge is 2.14. The van der Waals surface area contributed by atoms with E-state index in [1.165, 1.54) is 33.7 Å². The fourth-order valence-corrected chi connectivity index (χ4v) is 1.37. The highest BCUT2D eigenvalue weighted by atomic mass is 16.5. The van der Waals surface area contributed by atoms with E-state index in [-0.39, 0.29) is 34.8 Å². The number of rotatable bonds is 4. The van der Waals surface area contributed by atoms with E-state index in [1.54, 1.807) is 0 Å². The Balaban J connectivity index is 0.000000251. The molecule has 0 unspecified atom stereocenters. The minimum atomic E-state index is -1.22. The Bertz CT molecular complexity index is 769. The largest absolute Gasteiger partial charge is 0.480 e. The molecule has 0 aromatic carbocycles. The number of hydrogen-bond acceptors (Lipinski definition) is 11. The molecule has 0 atom stereocenters. The zero-order valence-electron chi connectivity index (χ0n) is 13.6. The van der Waals surface area contributed by atoms with E-state index in [2.05, 4.69) is 29.4 Å². The van der Waals surface area contributed by atoms with Gasteiger partial charge in [0, 0.05) is 0 Å². The van der Waals surface area contributed by atoms with Crippen molar-refractivity contribution < 1.29 is 28.9 Å². The van der Waals surface area contributed by atoms with E-state index in [9.17, 15) is 9.59 Å². The van der Waals surface area contributed by atoms with E-state index in [0.29, 0.717) is 0 Å². The second kappa shape index (κ2) is 8.81. The van der Waals surface area contributed by atoms with Crippen LogP contribution in [0, 0.1) is 0 Å². The third-order valence-electron chi connectivity index (χ3n) is 2.56. The average Bonchev–Trinajstić information content (AvgIpc) is 2.62. The first-order valence-electron chi connectivity index (χ1n) is 6.48. The third kappa shape index (κ3) is 5.16. The van der Waals surface area contributed by atoms with Crippen LogP contribution in [0.2, 0.25) is 0 Å². The lowest BCUT2D eigenvalue weighted by Gasteiger charge is -2.03. The number of anilines is 2. The fraction of sp³-hybridized carbons (Fsp3) is 0.231. The number of nitrogen functional groups attached to an aromatic ring is 2. The van der Waals surface area contributed by atoms with Crippen LogP contribution >= 0.6 is 0 Å².